The first kappa shape index (κ1) is 17.9. The lowest BCUT2D eigenvalue weighted by Gasteiger charge is -2.37. The highest BCUT2D eigenvalue weighted by molar-refractivity contribution is 5.93. The number of hydrogen-bond acceptors (Lipinski definition) is 5. The van der Waals surface area contributed by atoms with Crippen LogP contribution in [0.5, 0.6) is 11.5 Å². The molecular formula is C20H22N2O4. The standard InChI is InChI=1S/C20H22N2O4/c1-24-16-12-22(13-16)20(23)7-5-14-8-9-21-11-17(14)15-4-6-18(25-2)19(10-15)26-3/h4-11,16H,12-13H2,1-3H3/b7-5+. The molecule has 2 aromatic rings. The Morgan fingerprint density at radius 1 is 1.15 bits per heavy atom. The summed E-state index contributed by atoms with van der Waals surface area (Å²) in [6.45, 7) is 1.27. The van der Waals surface area contributed by atoms with Crippen LogP contribution < -0.4 is 9.47 Å². The second-order valence-corrected chi connectivity index (χ2v) is 5.97. The number of likely N-dealkylation sites (tertiary alicyclic amines) is 1. The third kappa shape index (κ3) is 3.70. The van der Waals surface area contributed by atoms with Crippen LogP contribution >= 0.6 is 0 Å². The Labute approximate surface area is 153 Å². The second-order valence-electron chi connectivity index (χ2n) is 5.97. The lowest BCUT2D eigenvalue weighted by Crippen LogP contribution is -2.53. The number of rotatable bonds is 6. The van der Waals surface area contributed by atoms with Crippen LogP contribution in [-0.2, 0) is 9.53 Å². The summed E-state index contributed by atoms with van der Waals surface area (Å²) < 4.78 is 15.9. The van der Waals surface area contributed by atoms with Crippen LogP contribution in [0, 0.1) is 0 Å². The zero-order valence-corrected chi connectivity index (χ0v) is 15.1. The summed E-state index contributed by atoms with van der Waals surface area (Å²) in [5.41, 5.74) is 2.76. The van der Waals surface area contributed by atoms with Gasteiger partial charge >= 0.3 is 0 Å². The van der Waals surface area contributed by atoms with E-state index >= 15 is 0 Å². The van der Waals surface area contributed by atoms with E-state index in [1.54, 1.807) is 44.7 Å². The highest BCUT2D eigenvalue weighted by Crippen LogP contribution is 2.33. The lowest BCUT2D eigenvalue weighted by molar-refractivity contribution is -0.137. The molecule has 0 aliphatic carbocycles. The van der Waals surface area contributed by atoms with Crippen molar-refractivity contribution in [3.63, 3.8) is 0 Å². The maximum atomic E-state index is 12.2. The number of pyridine rings is 1. The van der Waals surface area contributed by atoms with E-state index in [1.807, 2.05) is 30.3 Å². The molecule has 1 aliphatic rings. The van der Waals surface area contributed by atoms with Crippen LogP contribution in [0.2, 0.25) is 0 Å². The van der Waals surface area contributed by atoms with Gasteiger partial charge in [-0.3, -0.25) is 9.78 Å². The molecule has 6 heteroatoms. The van der Waals surface area contributed by atoms with Gasteiger partial charge in [0.05, 0.1) is 20.3 Å². The van der Waals surface area contributed by atoms with E-state index in [9.17, 15) is 4.79 Å². The number of hydrogen-bond donors (Lipinski definition) is 0. The van der Waals surface area contributed by atoms with Crippen molar-refractivity contribution < 1.29 is 19.0 Å². The highest BCUT2D eigenvalue weighted by atomic mass is 16.5. The van der Waals surface area contributed by atoms with Crippen molar-refractivity contribution >= 4 is 12.0 Å². The average Bonchev–Trinajstić information content (AvgIpc) is 2.65. The third-order valence-electron chi connectivity index (χ3n) is 4.45. The first-order valence-corrected chi connectivity index (χ1v) is 8.32. The van der Waals surface area contributed by atoms with Gasteiger partial charge in [0.1, 0.15) is 0 Å². The molecule has 0 saturated carbocycles. The maximum Gasteiger partial charge on any atom is 0.246 e. The minimum atomic E-state index is -0.0200. The van der Waals surface area contributed by atoms with Crippen LogP contribution in [0.25, 0.3) is 17.2 Å². The highest BCUT2D eigenvalue weighted by Gasteiger charge is 2.28. The fraction of sp³-hybridized carbons (Fsp3) is 0.300. The van der Waals surface area contributed by atoms with E-state index in [-0.39, 0.29) is 12.0 Å². The summed E-state index contributed by atoms with van der Waals surface area (Å²) in [5.74, 6) is 1.29. The van der Waals surface area contributed by atoms with Crippen LogP contribution in [0.3, 0.4) is 0 Å². The van der Waals surface area contributed by atoms with Crippen molar-refractivity contribution in [1.82, 2.24) is 9.88 Å². The molecule has 1 aromatic heterocycles. The summed E-state index contributed by atoms with van der Waals surface area (Å²) in [4.78, 5) is 18.2. The molecule has 136 valence electrons. The van der Waals surface area contributed by atoms with Crippen molar-refractivity contribution in [3.05, 3.63) is 48.3 Å². The van der Waals surface area contributed by atoms with E-state index in [0.717, 1.165) is 16.7 Å². The van der Waals surface area contributed by atoms with Crippen LogP contribution in [0.15, 0.2) is 42.7 Å². The molecule has 0 radical (unpaired) electrons. The van der Waals surface area contributed by atoms with E-state index in [1.165, 1.54) is 0 Å². The summed E-state index contributed by atoms with van der Waals surface area (Å²) in [6.07, 6.45) is 7.03. The van der Waals surface area contributed by atoms with Crippen LogP contribution in [0.4, 0.5) is 0 Å². The molecule has 3 rings (SSSR count). The van der Waals surface area contributed by atoms with Crippen molar-refractivity contribution in [2.45, 2.75) is 6.10 Å². The summed E-state index contributed by atoms with van der Waals surface area (Å²) in [6, 6.07) is 7.57. The first-order chi connectivity index (χ1) is 12.7. The predicted molar refractivity (Wildman–Crippen MR) is 99.2 cm³/mol. The molecular weight excluding hydrogens is 332 g/mol. The Morgan fingerprint density at radius 3 is 2.62 bits per heavy atom. The monoisotopic (exact) mass is 354 g/mol. The molecule has 0 spiro atoms. The Hall–Kier alpha value is -2.86. The largest absolute Gasteiger partial charge is 0.493 e. The summed E-state index contributed by atoms with van der Waals surface area (Å²) in [5, 5.41) is 0. The number of nitrogens with zero attached hydrogens (tertiary/aromatic N) is 2. The van der Waals surface area contributed by atoms with E-state index < -0.39 is 0 Å². The van der Waals surface area contributed by atoms with Gasteiger partial charge in [-0.05, 0) is 35.4 Å². The minimum absolute atomic E-state index is 0.0200. The van der Waals surface area contributed by atoms with Crippen LogP contribution in [0.1, 0.15) is 5.56 Å². The van der Waals surface area contributed by atoms with Crippen molar-refractivity contribution in [2.75, 3.05) is 34.4 Å². The molecule has 0 atom stereocenters. The number of benzene rings is 1. The van der Waals surface area contributed by atoms with Gasteiger partial charge in [0.25, 0.3) is 0 Å². The van der Waals surface area contributed by atoms with Gasteiger partial charge in [0.2, 0.25) is 5.91 Å². The number of aromatic nitrogens is 1. The molecule has 1 aliphatic heterocycles. The predicted octanol–water partition coefficient (Wildman–Crippen LogP) is 2.64. The Bertz CT molecular complexity index is 813. The van der Waals surface area contributed by atoms with E-state index in [4.69, 9.17) is 14.2 Å². The number of amides is 1. The zero-order valence-electron chi connectivity index (χ0n) is 15.1. The normalized spacial score (nSPS) is 14.3. The smallest absolute Gasteiger partial charge is 0.246 e. The molecule has 0 unspecified atom stereocenters. The number of carbonyl (C=O) groups is 1. The quantitative estimate of drug-likeness (QED) is 0.747. The lowest BCUT2D eigenvalue weighted by atomic mass is 10.0. The fourth-order valence-corrected chi connectivity index (χ4v) is 2.83. The number of methoxy groups -OCH3 is 3. The van der Waals surface area contributed by atoms with Crippen molar-refractivity contribution in [2.24, 2.45) is 0 Å². The van der Waals surface area contributed by atoms with Crippen LogP contribution in [-0.4, -0.2) is 56.3 Å². The topological polar surface area (TPSA) is 60.9 Å². The van der Waals surface area contributed by atoms with E-state index in [2.05, 4.69) is 4.98 Å². The van der Waals surface area contributed by atoms with Gasteiger partial charge in [-0.25, -0.2) is 0 Å². The number of carbonyl (C=O) groups excluding carboxylic acids is 1. The molecule has 26 heavy (non-hydrogen) atoms. The minimum Gasteiger partial charge on any atom is -0.493 e. The van der Waals surface area contributed by atoms with Crippen molar-refractivity contribution in [3.8, 4) is 22.6 Å². The van der Waals surface area contributed by atoms with E-state index in [0.29, 0.717) is 24.6 Å². The van der Waals surface area contributed by atoms with Gasteiger partial charge in [-0.1, -0.05) is 6.07 Å². The third-order valence-corrected chi connectivity index (χ3v) is 4.45. The molecule has 1 fully saturated rings. The molecule has 2 heterocycles. The Kier molecular flexibility index (Phi) is 5.53. The zero-order chi connectivity index (χ0) is 18.5. The molecule has 0 N–H and O–H groups in total. The van der Waals surface area contributed by atoms with Gasteiger partial charge in [0.15, 0.2) is 11.5 Å². The summed E-state index contributed by atoms with van der Waals surface area (Å²) in [7, 11) is 4.87. The molecule has 1 amide bonds. The van der Waals surface area contributed by atoms with Gasteiger partial charge in [-0.15, -0.1) is 0 Å². The molecule has 1 saturated heterocycles. The molecule has 0 bridgehead atoms. The SMILES string of the molecule is COc1ccc(-c2cnccc2/C=C/C(=O)N2CC(OC)C2)cc1OC. The van der Waals surface area contributed by atoms with Crippen molar-refractivity contribution in [1.29, 1.82) is 0 Å². The molecule has 6 nitrogen and oxygen atoms in total. The van der Waals surface area contributed by atoms with Gasteiger partial charge < -0.3 is 19.1 Å². The summed E-state index contributed by atoms with van der Waals surface area (Å²) >= 11 is 0. The fourth-order valence-electron chi connectivity index (χ4n) is 2.83. The first-order valence-electron chi connectivity index (χ1n) is 8.32. The van der Waals surface area contributed by atoms with Gasteiger partial charge in [-0.2, -0.15) is 0 Å². The molecule has 1 aromatic carbocycles. The second kappa shape index (κ2) is 8.01. The number of ether oxygens (including phenoxy) is 3. The van der Waals surface area contributed by atoms with Gasteiger partial charge in [0, 0.05) is 44.2 Å². The maximum absolute atomic E-state index is 12.2. The Morgan fingerprint density at radius 2 is 1.92 bits per heavy atom. The Balaban J connectivity index is 1.82. The average molecular weight is 354 g/mol.